The number of hydrogen-bond donors (Lipinski definition) is 3. The van der Waals surface area contributed by atoms with Crippen LogP contribution in [0.3, 0.4) is 0 Å². The van der Waals surface area contributed by atoms with E-state index in [2.05, 4.69) is 21.2 Å². The van der Waals surface area contributed by atoms with Gasteiger partial charge in [0, 0.05) is 22.1 Å². The minimum absolute atomic E-state index is 0.0846. The number of fused-ring (bicyclic) bond motifs is 1. The average Bonchev–Trinajstić information content (AvgIpc) is 2.59. The zero-order valence-electron chi connectivity index (χ0n) is 13.9. The quantitative estimate of drug-likeness (QED) is 0.561. The Balaban J connectivity index is 2.01. The van der Waals surface area contributed by atoms with Crippen LogP contribution < -0.4 is 5.32 Å². The third-order valence-electron chi connectivity index (χ3n) is 4.25. The molecule has 5 heteroatoms. The van der Waals surface area contributed by atoms with Crippen molar-refractivity contribution in [2.24, 2.45) is 0 Å². The molecular formula is C20H18BrNO3. The van der Waals surface area contributed by atoms with Crippen molar-refractivity contribution in [2.45, 2.75) is 20.4 Å². The molecule has 0 heterocycles. The van der Waals surface area contributed by atoms with Gasteiger partial charge in [-0.15, -0.1) is 0 Å². The first kappa shape index (κ1) is 17.3. The fourth-order valence-corrected chi connectivity index (χ4v) is 3.22. The van der Waals surface area contributed by atoms with Gasteiger partial charge < -0.3 is 15.5 Å². The zero-order valence-corrected chi connectivity index (χ0v) is 15.5. The molecule has 0 aliphatic heterocycles. The number of aromatic carboxylic acids is 1. The van der Waals surface area contributed by atoms with E-state index in [1.165, 1.54) is 6.07 Å². The molecule has 0 radical (unpaired) electrons. The number of aromatic hydroxyl groups is 1. The molecule has 3 N–H and O–H groups in total. The predicted molar refractivity (Wildman–Crippen MR) is 104 cm³/mol. The van der Waals surface area contributed by atoms with Gasteiger partial charge >= 0.3 is 5.97 Å². The van der Waals surface area contributed by atoms with Crippen molar-refractivity contribution in [1.82, 2.24) is 0 Å². The van der Waals surface area contributed by atoms with Crippen LogP contribution in [0.5, 0.6) is 5.75 Å². The molecule has 0 aliphatic rings. The Morgan fingerprint density at radius 2 is 1.68 bits per heavy atom. The number of hydrogen-bond acceptors (Lipinski definition) is 3. The predicted octanol–water partition coefficient (Wildman–Crippen LogP) is 5.24. The molecule has 0 saturated carbocycles. The summed E-state index contributed by atoms with van der Waals surface area (Å²) >= 11 is 3.55. The largest absolute Gasteiger partial charge is 0.506 e. The summed E-state index contributed by atoms with van der Waals surface area (Å²) in [6.07, 6.45) is 0. The van der Waals surface area contributed by atoms with Gasteiger partial charge in [0.05, 0.1) is 0 Å². The van der Waals surface area contributed by atoms with Crippen molar-refractivity contribution in [3.8, 4) is 5.75 Å². The number of rotatable bonds is 4. The summed E-state index contributed by atoms with van der Waals surface area (Å²) in [6.45, 7) is 4.52. The molecule has 0 aromatic heterocycles. The zero-order chi connectivity index (χ0) is 18.1. The Morgan fingerprint density at radius 1 is 1.08 bits per heavy atom. The van der Waals surface area contributed by atoms with E-state index in [9.17, 15) is 15.0 Å². The fraction of sp³-hybridized carbons (Fsp3) is 0.150. The fourth-order valence-electron chi connectivity index (χ4n) is 2.99. The summed E-state index contributed by atoms with van der Waals surface area (Å²) in [7, 11) is 0. The molecule has 3 aromatic carbocycles. The van der Waals surface area contributed by atoms with Crippen LogP contribution in [0.4, 0.5) is 5.69 Å². The first-order chi connectivity index (χ1) is 11.9. The number of nitrogens with one attached hydrogen (secondary N) is 1. The highest BCUT2D eigenvalue weighted by Crippen LogP contribution is 2.32. The highest BCUT2D eigenvalue weighted by Gasteiger charge is 2.16. The van der Waals surface area contributed by atoms with Crippen molar-refractivity contribution >= 4 is 38.4 Å². The Morgan fingerprint density at radius 3 is 2.28 bits per heavy atom. The van der Waals surface area contributed by atoms with Crippen molar-refractivity contribution in [3.05, 3.63) is 69.2 Å². The number of anilines is 1. The molecule has 3 aromatic rings. The van der Waals surface area contributed by atoms with Gasteiger partial charge in [-0.1, -0.05) is 40.2 Å². The summed E-state index contributed by atoms with van der Waals surface area (Å²) in [5, 5.41) is 24.3. The summed E-state index contributed by atoms with van der Waals surface area (Å²) in [5.41, 5.74) is 3.96. The van der Waals surface area contributed by atoms with E-state index >= 15 is 0 Å². The summed E-state index contributed by atoms with van der Waals surface area (Å²) < 4.78 is 1.08. The van der Waals surface area contributed by atoms with E-state index in [0.29, 0.717) is 11.9 Å². The van der Waals surface area contributed by atoms with Gasteiger partial charge in [-0.25, -0.2) is 4.79 Å². The smallest absolute Gasteiger partial charge is 0.339 e. The van der Waals surface area contributed by atoms with E-state index in [1.807, 2.05) is 38.1 Å². The Bertz CT molecular complexity index is 959. The topological polar surface area (TPSA) is 69.6 Å². The highest BCUT2D eigenvalue weighted by molar-refractivity contribution is 9.10. The third kappa shape index (κ3) is 3.33. The van der Waals surface area contributed by atoms with E-state index < -0.39 is 5.97 Å². The van der Waals surface area contributed by atoms with Crippen molar-refractivity contribution in [3.63, 3.8) is 0 Å². The minimum Gasteiger partial charge on any atom is -0.506 e. The van der Waals surface area contributed by atoms with Crippen LogP contribution in [0.25, 0.3) is 10.8 Å². The molecule has 0 aliphatic carbocycles. The average molecular weight is 400 g/mol. The number of aryl methyl sites for hydroxylation is 2. The molecular weight excluding hydrogens is 382 g/mol. The van der Waals surface area contributed by atoms with Crippen molar-refractivity contribution in [1.29, 1.82) is 0 Å². The number of halogens is 1. The summed E-state index contributed by atoms with van der Waals surface area (Å²) in [4.78, 5) is 11.4. The number of benzene rings is 3. The lowest BCUT2D eigenvalue weighted by atomic mass is 9.99. The van der Waals surface area contributed by atoms with E-state index in [0.717, 1.165) is 32.2 Å². The van der Waals surface area contributed by atoms with Crippen LogP contribution in [-0.4, -0.2) is 16.2 Å². The molecule has 0 amide bonds. The Labute approximate surface area is 154 Å². The maximum Gasteiger partial charge on any atom is 0.339 e. The second kappa shape index (κ2) is 6.76. The van der Waals surface area contributed by atoms with Gasteiger partial charge in [0.15, 0.2) is 0 Å². The van der Waals surface area contributed by atoms with Gasteiger partial charge in [0.1, 0.15) is 11.3 Å². The molecule has 3 rings (SSSR count). The molecule has 0 bridgehead atoms. The first-order valence-corrected chi connectivity index (χ1v) is 8.65. The first-order valence-electron chi connectivity index (χ1n) is 7.86. The number of phenols is 1. The normalized spacial score (nSPS) is 10.8. The van der Waals surface area contributed by atoms with Crippen LogP contribution in [-0.2, 0) is 6.54 Å². The van der Waals surface area contributed by atoms with Gasteiger partial charge in [0.2, 0.25) is 0 Å². The Kier molecular flexibility index (Phi) is 4.68. The standard InChI is InChI=1S/C20H18BrNO3/c1-11-7-14(8-12(2)18(11)21)22-10-13-9-17(20(24)25)19(23)16-6-4-3-5-15(13)16/h3-9,22-23H,10H2,1-2H3,(H,24,25). The molecule has 4 nitrogen and oxygen atoms in total. The molecule has 25 heavy (non-hydrogen) atoms. The number of carboxylic acids is 1. The van der Waals surface area contributed by atoms with Gasteiger partial charge in [0.25, 0.3) is 0 Å². The van der Waals surface area contributed by atoms with Crippen molar-refractivity contribution in [2.75, 3.05) is 5.32 Å². The minimum atomic E-state index is -1.14. The molecule has 0 fully saturated rings. The second-order valence-corrected chi connectivity index (χ2v) is 6.85. The molecule has 0 saturated heterocycles. The maximum atomic E-state index is 11.4. The lowest BCUT2D eigenvalue weighted by molar-refractivity contribution is 0.0694. The second-order valence-electron chi connectivity index (χ2n) is 6.06. The highest BCUT2D eigenvalue weighted by atomic mass is 79.9. The van der Waals surface area contributed by atoms with Crippen molar-refractivity contribution < 1.29 is 15.0 Å². The monoisotopic (exact) mass is 399 g/mol. The van der Waals surface area contributed by atoms with Gasteiger partial charge in [-0.05, 0) is 54.1 Å². The lowest BCUT2D eigenvalue weighted by Gasteiger charge is -2.14. The molecule has 0 atom stereocenters. The van der Waals surface area contributed by atoms with Crippen LogP contribution in [0, 0.1) is 13.8 Å². The summed E-state index contributed by atoms with van der Waals surface area (Å²) in [5.74, 6) is -1.33. The van der Waals surface area contributed by atoms with Gasteiger partial charge in [-0.3, -0.25) is 0 Å². The lowest BCUT2D eigenvalue weighted by Crippen LogP contribution is -2.05. The SMILES string of the molecule is Cc1cc(NCc2cc(C(=O)O)c(O)c3ccccc23)cc(C)c1Br. The molecule has 0 unspecified atom stereocenters. The van der Waals surface area contributed by atoms with E-state index in [4.69, 9.17) is 0 Å². The third-order valence-corrected chi connectivity index (χ3v) is 5.50. The molecule has 0 spiro atoms. The number of carboxylic acid groups (broad SMARTS) is 1. The number of carbonyl (C=O) groups is 1. The Hall–Kier alpha value is -2.53. The van der Waals surface area contributed by atoms with Gasteiger partial charge in [-0.2, -0.15) is 0 Å². The van der Waals surface area contributed by atoms with Crippen LogP contribution in [0.1, 0.15) is 27.0 Å². The van der Waals surface area contributed by atoms with Crippen LogP contribution in [0.15, 0.2) is 46.9 Å². The summed E-state index contributed by atoms with van der Waals surface area (Å²) in [6, 6.07) is 12.9. The molecule has 128 valence electrons. The van der Waals surface area contributed by atoms with Crippen LogP contribution >= 0.6 is 15.9 Å². The van der Waals surface area contributed by atoms with E-state index in [-0.39, 0.29) is 11.3 Å². The van der Waals surface area contributed by atoms with Crippen LogP contribution in [0.2, 0.25) is 0 Å². The maximum absolute atomic E-state index is 11.4. The van der Waals surface area contributed by atoms with E-state index in [1.54, 1.807) is 12.1 Å².